The Labute approximate surface area is 163 Å². The molecule has 0 bridgehead atoms. The molecule has 3 nitrogen and oxygen atoms in total. The molecule has 0 saturated carbocycles. The second-order valence-electron chi connectivity index (χ2n) is 7.53. The molecule has 25 heavy (non-hydrogen) atoms. The highest BCUT2D eigenvalue weighted by Gasteiger charge is 2.38. The molecule has 136 valence electrons. The van der Waals surface area contributed by atoms with Gasteiger partial charge in [-0.25, -0.2) is 0 Å². The Hall–Kier alpha value is -1.11. The average Bonchev–Trinajstić information content (AvgIpc) is 2.87. The molecule has 0 radical (unpaired) electrons. The van der Waals surface area contributed by atoms with Gasteiger partial charge in [-0.15, -0.1) is 11.3 Å². The molecule has 2 rings (SSSR count). The van der Waals surface area contributed by atoms with Gasteiger partial charge in [0.15, 0.2) is 0 Å². The standard InChI is InChI=1S/C19H25BrO3SSi/c1-19(2,3)25(5,6)23-14-9-7-13(8-10-14)18-15(11-17(21)22-4)16(20)12-24-18/h7-10,12H,11H2,1-6H3. The van der Waals surface area contributed by atoms with Gasteiger partial charge in [-0.2, -0.15) is 0 Å². The summed E-state index contributed by atoms with van der Waals surface area (Å²) in [6.07, 6.45) is 0.262. The first-order valence-electron chi connectivity index (χ1n) is 8.17. The summed E-state index contributed by atoms with van der Waals surface area (Å²) in [7, 11) is -0.430. The Balaban J connectivity index is 2.25. The van der Waals surface area contributed by atoms with Crippen molar-refractivity contribution in [3.63, 3.8) is 0 Å². The lowest BCUT2D eigenvalue weighted by molar-refractivity contribution is -0.139. The Kier molecular flexibility index (Phi) is 6.17. The molecule has 1 aromatic carbocycles. The molecule has 2 aromatic rings. The van der Waals surface area contributed by atoms with E-state index in [9.17, 15) is 4.79 Å². The molecule has 0 atom stereocenters. The first kappa shape index (κ1) is 20.2. The van der Waals surface area contributed by atoms with Gasteiger partial charge in [0, 0.05) is 14.7 Å². The molecule has 0 unspecified atom stereocenters. The number of esters is 1. The topological polar surface area (TPSA) is 35.5 Å². The molecule has 0 spiro atoms. The summed E-state index contributed by atoms with van der Waals surface area (Å²) in [5.74, 6) is 0.665. The Bertz CT molecular complexity index is 745. The minimum Gasteiger partial charge on any atom is -0.544 e. The fourth-order valence-corrected chi connectivity index (χ4v) is 4.85. The van der Waals surface area contributed by atoms with Crippen LogP contribution in [0, 0.1) is 0 Å². The van der Waals surface area contributed by atoms with Crippen LogP contribution in [-0.4, -0.2) is 21.4 Å². The van der Waals surface area contributed by atoms with Gasteiger partial charge in [0.25, 0.3) is 0 Å². The van der Waals surface area contributed by atoms with Crippen molar-refractivity contribution in [1.29, 1.82) is 0 Å². The predicted octanol–water partition coefficient (Wildman–Crippen LogP) is 6.28. The van der Waals surface area contributed by atoms with Gasteiger partial charge in [0.1, 0.15) is 5.75 Å². The predicted molar refractivity (Wildman–Crippen MR) is 111 cm³/mol. The molecule has 0 N–H and O–H groups in total. The molecule has 0 aliphatic heterocycles. The number of benzene rings is 1. The maximum absolute atomic E-state index is 11.7. The zero-order valence-corrected chi connectivity index (χ0v) is 19.0. The monoisotopic (exact) mass is 440 g/mol. The largest absolute Gasteiger partial charge is 0.544 e. The SMILES string of the molecule is COC(=O)Cc1c(Br)csc1-c1ccc(O[Si](C)(C)C(C)(C)C)cc1. The van der Waals surface area contributed by atoms with Crippen molar-refractivity contribution in [3.8, 4) is 16.2 Å². The summed E-state index contributed by atoms with van der Waals surface area (Å²) in [5.41, 5.74) is 2.05. The zero-order chi connectivity index (χ0) is 18.8. The molecule has 0 saturated heterocycles. The van der Waals surface area contributed by atoms with Crippen molar-refractivity contribution in [2.45, 2.75) is 45.3 Å². The number of rotatable bonds is 5. The quantitative estimate of drug-likeness (QED) is 0.405. The van der Waals surface area contributed by atoms with Crippen molar-refractivity contribution in [2.75, 3.05) is 7.11 Å². The fourth-order valence-electron chi connectivity index (χ4n) is 2.11. The number of hydrogen-bond donors (Lipinski definition) is 0. The number of ether oxygens (including phenoxy) is 1. The number of thiophene rings is 1. The summed E-state index contributed by atoms with van der Waals surface area (Å²) in [4.78, 5) is 12.7. The number of carbonyl (C=O) groups excluding carboxylic acids is 1. The van der Waals surface area contributed by atoms with E-state index < -0.39 is 8.32 Å². The van der Waals surface area contributed by atoms with E-state index in [1.54, 1.807) is 11.3 Å². The second-order valence-corrected chi connectivity index (χ2v) is 14.0. The van der Waals surface area contributed by atoms with E-state index in [0.717, 1.165) is 26.2 Å². The number of hydrogen-bond acceptors (Lipinski definition) is 4. The fraction of sp³-hybridized carbons (Fsp3) is 0.421. The Morgan fingerprint density at radius 3 is 2.32 bits per heavy atom. The molecule has 1 heterocycles. The highest BCUT2D eigenvalue weighted by molar-refractivity contribution is 9.10. The van der Waals surface area contributed by atoms with Gasteiger partial charge in [-0.3, -0.25) is 4.79 Å². The first-order chi connectivity index (χ1) is 11.5. The zero-order valence-electron chi connectivity index (χ0n) is 15.6. The molecule has 1 aromatic heterocycles. The van der Waals surface area contributed by atoms with E-state index in [2.05, 4.69) is 61.9 Å². The average molecular weight is 441 g/mol. The lowest BCUT2D eigenvalue weighted by atomic mass is 10.1. The van der Waals surface area contributed by atoms with Crippen molar-refractivity contribution >= 4 is 41.6 Å². The Morgan fingerprint density at radius 1 is 1.20 bits per heavy atom. The van der Waals surface area contributed by atoms with Crippen LogP contribution in [0.3, 0.4) is 0 Å². The van der Waals surface area contributed by atoms with Gasteiger partial charge in [-0.05, 0) is 69.5 Å². The molecular weight excluding hydrogens is 416 g/mol. The smallest absolute Gasteiger partial charge is 0.310 e. The maximum Gasteiger partial charge on any atom is 0.310 e. The third kappa shape index (κ3) is 4.74. The van der Waals surface area contributed by atoms with E-state index in [1.165, 1.54) is 7.11 Å². The number of methoxy groups -OCH3 is 1. The van der Waals surface area contributed by atoms with E-state index in [1.807, 2.05) is 17.5 Å². The molecule has 0 fully saturated rings. The van der Waals surface area contributed by atoms with Gasteiger partial charge in [-0.1, -0.05) is 20.8 Å². The van der Waals surface area contributed by atoms with Crippen LogP contribution in [0.5, 0.6) is 5.75 Å². The van der Waals surface area contributed by atoms with Gasteiger partial charge < -0.3 is 9.16 Å². The van der Waals surface area contributed by atoms with Crippen LogP contribution in [0.25, 0.3) is 10.4 Å². The molecule has 6 heteroatoms. The highest BCUT2D eigenvalue weighted by Crippen LogP contribution is 2.39. The number of carbonyl (C=O) groups is 1. The van der Waals surface area contributed by atoms with Crippen LogP contribution in [0.4, 0.5) is 0 Å². The first-order valence-corrected chi connectivity index (χ1v) is 12.8. The molecule has 0 aliphatic carbocycles. The van der Waals surface area contributed by atoms with Crippen LogP contribution in [0.15, 0.2) is 34.1 Å². The van der Waals surface area contributed by atoms with Crippen molar-refractivity contribution in [2.24, 2.45) is 0 Å². The van der Waals surface area contributed by atoms with E-state index >= 15 is 0 Å². The highest BCUT2D eigenvalue weighted by atomic mass is 79.9. The summed E-state index contributed by atoms with van der Waals surface area (Å²) in [6, 6.07) is 8.15. The van der Waals surface area contributed by atoms with Crippen LogP contribution >= 0.6 is 27.3 Å². The molecule has 0 aliphatic rings. The summed E-state index contributed by atoms with van der Waals surface area (Å²) < 4.78 is 12.1. The van der Waals surface area contributed by atoms with Crippen LogP contribution < -0.4 is 4.43 Å². The summed E-state index contributed by atoms with van der Waals surface area (Å²) in [5, 5.41) is 2.17. The molecule has 0 amide bonds. The number of halogens is 1. The summed E-state index contributed by atoms with van der Waals surface area (Å²) >= 11 is 5.15. The normalized spacial score (nSPS) is 12.1. The Morgan fingerprint density at radius 2 is 1.80 bits per heavy atom. The summed E-state index contributed by atoms with van der Waals surface area (Å²) in [6.45, 7) is 11.2. The van der Waals surface area contributed by atoms with Crippen LogP contribution in [-0.2, 0) is 16.0 Å². The van der Waals surface area contributed by atoms with E-state index in [-0.39, 0.29) is 17.4 Å². The minimum absolute atomic E-state index is 0.165. The van der Waals surface area contributed by atoms with Crippen LogP contribution in [0.2, 0.25) is 18.1 Å². The van der Waals surface area contributed by atoms with Crippen molar-refractivity contribution in [3.05, 3.63) is 39.7 Å². The van der Waals surface area contributed by atoms with Gasteiger partial charge in [0.05, 0.1) is 13.5 Å². The van der Waals surface area contributed by atoms with Crippen LogP contribution in [0.1, 0.15) is 26.3 Å². The van der Waals surface area contributed by atoms with E-state index in [0.29, 0.717) is 0 Å². The third-order valence-corrected chi connectivity index (χ3v) is 11.1. The lowest BCUT2D eigenvalue weighted by Gasteiger charge is -2.36. The van der Waals surface area contributed by atoms with Crippen molar-refractivity contribution in [1.82, 2.24) is 0 Å². The maximum atomic E-state index is 11.7. The second kappa shape index (κ2) is 7.64. The minimum atomic E-state index is -1.84. The third-order valence-electron chi connectivity index (χ3n) is 4.69. The lowest BCUT2D eigenvalue weighted by Crippen LogP contribution is -2.43. The van der Waals surface area contributed by atoms with Gasteiger partial charge >= 0.3 is 5.97 Å². The van der Waals surface area contributed by atoms with Gasteiger partial charge in [0.2, 0.25) is 8.32 Å². The molecular formula is C19H25BrO3SSi. The van der Waals surface area contributed by atoms with Crippen molar-refractivity contribution < 1.29 is 14.0 Å². The van der Waals surface area contributed by atoms with E-state index in [4.69, 9.17) is 9.16 Å².